The van der Waals surface area contributed by atoms with Crippen LogP contribution in [0.1, 0.15) is 22.8 Å². The lowest BCUT2D eigenvalue weighted by Crippen LogP contribution is -2.49. The molecule has 6 nitrogen and oxygen atoms in total. The summed E-state index contributed by atoms with van der Waals surface area (Å²) < 4.78 is 38.5. The Hall–Kier alpha value is -2.84. The zero-order valence-electron chi connectivity index (χ0n) is 14.8. The minimum atomic E-state index is -4.47. The Balaban J connectivity index is 1.62. The topological polar surface area (TPSA) is 61.4 Å². The van der Waals surface area contributed by atoms with Gasteiger partial charge in [-0.1, -0.05) is 6.07 Å². The van der Waals surface area contributed by atoms with Crippen molar-refractivity contribution in [3.05, 3.63) is 47.5 Å². The van der Waals surface area contributed by atoms with Crippen LogP contribution in [-0.2, 0) is 6.18 Å². The molecule has 1 amide bonds. The summed E-state index contributed by atoms with van der Waals surface area (Å²) >= 11 is 0. The lowest BCUT2D eigenvalue weighted by molar-refractivity contribution is -0.137. The summed E-state index contributed by atoms with van der Waals surface area (Å²) in [6, 6.07) is 8.23. The Morgan fingerprint density at radius 1 is 1.11 bits per heavy atom. The largest absolute Gasteiger partial charge is 0.416 e. The van der Waals surface area contributed by atoms with Gasteiger partial charge in [-0.15, -0.1) is 10.2 Å². The molecule has 1 fully saturated rings. The molecule has 0 unspecified atom stereocenters. The third-order valence-electron chi connectivity index (χ3n) is 4.34. The molecule has 1 N–H and O–H groups in total. The molecule has 1 aromatic carbocycles. The van der Waals surface area contributed by atoms with E-state index in [-0.39, 0.29) is 5.56 Å². The lowest BCUT2D eigenvalue weighted by Gasteiger charge is -2.35. The van der Waals surface area contributed by atoms with Crippen molar-refractivity contribution in [1.29, 1.82) is 0 Å². The van der Waals surface area contributed by atoms with Crippen LogP contribution in [-0.4, -0.2) is 53.7 Å². The SMILES string of the molecule is CCNc1ccc(N2CCN(C(=O)c3cccc(C(F)(F)F)c3)CC2)nn1. The summed E-state index contributed by atoms with van der Waals surface area (Å²) in [5.74, 6) is 1.01. The Kier molecular flexibility index (Phi) is 5.48. The number of piperazine rings is 1. The molecular formula is C18H20F3N5O. The summed E-state index contributed by atoms with van der Waals surface area (Å²) in [7, 11) is 0. The van der Waals surface area contributed by atoms with Crippen molar-refractivity contribution < 1.29 is 18.0 Å². The second kappa shape index (κ2) is 7.81. The first-order valence-corrected chi connectivity index (χ1v) is 8.67. The van der Waals surface area contributed by atoms with E-state index >= 15 is 0 Å². The molecule has 0 saturated carbocycles. The molecule has 3 rings (SSSR count). The van der Waals surface area contributed by atoms with Gasteiger partial charge in [-0.05, 0) is 37.3 Å². The zero-order chi connectivity index (χ0) is 19.4. The number of rotatable bonds is 4. The third-order valence-corrected chi connectivity index (χ3v) is 4.34. The molecule has 0 radical (unpaired) electrons. The smallest absolute Gasteiger partial charge is 0.369 e. The first kappa shape index (κ1) is 18.9. The van der Waals surface area contributed by atoms with E-state index < -0.39 is 17.6 Å². The van der Waals surface area contributed by atoms with Crippen molar-refractivity contribution in [2.45, 2.75) is 13.1 Å². The third kappa shape index (κ3) is 4.47. The molecule has 1 aromatic heterocycles. The molecule has 1 aliphatic rings. The van der Waals surface area contributed by atoms with E-state index in [0.717, 1.165) is 18.7 Å². The van der Waals surface area contributed by atoms with Gasteiger partial charge in [0.2, 0.25) is 0 Å². The van der Waals surface area contributed by atoms with E-state index in [4.69, 9.17) is 0 Å². The van der Waals surface area contributed by atoms with Crippen LogP contribution in [0, 0.1) is 0 Å². The van der Waals surface area contributed by atoms with E-state index in [1.165, 1.54) is 12.1 Å². The van der Waals surface area contributed by atoms with Crippen molar-refractivity contribution in [2.75, 3.05) is 42.9 Å². The van der Waals surface area contributed by atoms with Crippen molar-refractivity contribution in [2.24, 2.45) is 0 Å². The molecule has 0 bridgehead atoms. The second-order valence-electron chi connectivity index (χ2n) is 6.16. The van der Waals surface area contributed by atoms with Crippen molar-refractivity contribution in [3.8, 4) is 0 Å². The van der Waals surface area contributed by atoms with Gasteiger partial charge in [0.05, 0.1) is 5.56 Å². The number of anilines is 2. The Bertz CT molecular complexity index is 786. The molecule has 0 spiro atoms. The molecule has 0 atom stereocenters. The second-order valence-corrected chi connectivity index (χ2v) is 6.16. The number of nitrogens with one attached hydrogen (secondary N) is 1. The first-order chi connectivity index (χ1) is 12.9. The number of aromatic nitrogens is 2. The number of nitrogens with zero attached hydrogens (tertiary/aromatic N) is 4. The van der Waals surface area contributed by atoms with E-state index in [9.17, 15) is 18.0 Å². The van der Waals surface area contributed by atoms with Crippen molar-refractivity contribution in [1.82, 2.24) is 15.1 Å². The van der Waals surface area contributed by atoms with Gasteiger partial charge < -0.3 is 15.1 Å². The number of amides is 1. The summed E-state index contributed by atoms with van der Waals surface area (Å²) in [6.07, 6.45) is -4.47. The lowest BCUT2D eigenvalue weighted by atomic mass is 10.1. The van der Waals surface area contributed by atoms with E-state index in [1.807, 2.05) is 24.0 Å². The quantitative estimate of drug-likeness (QED) is 0.885. The monoisotopic (exact) mass is 379 g/mol. The van der Waals surface area contributed by atoms with Crippen LogP contribution in [0.3, 0.4) is 0 Å². The maximum Gasteiger partial charge on any atom is 0.416 e. The van der Waals surface area contributed by atoms with Crippen LogP contribution in [0.4, 0.5) is 24.8 Å². The summed E-state index contributed by atoms with van der Waals surface area (Å²) in [4.78, 5) is 16.1. The van der Waals surface area contributed by atoms with E-state index in [1.54, 1.807) is 4.90 Å². The maximum absolute atomic E-state index is 12.8. The zero-order valence-corrected chi connectivity index (χ0v) is 14.8. The van der Waals surface area contributed by atoms with Gasteiger partial charge in [0.25, 0.3) is 5.91 Å². The van der Waals surface area contributed by atoms with Crippen LogP contribution in [0.5, 0.6) is 0 Å². The number of hydrogen-bond donors (Lipinski definition) is 1. The molecular weight excluding hydrogens is 359 g/mol. The van der Waals surface area contributed by atoms with Crippen molar-refractivity contribution in [3.63, 3.8) is 0 Å². The van der Waals surface area contributed by atoms with Crippen LogP contribution in [0.2, 0.25) is 0 Å². The number of carbonyl (C=O) groups excluding carboxylic acids is 1. The van der Waals surface area contributed by atoms with Gasteiger partial charge in [-0.2, -0.15) is 13.2 Å². The summed E-state index contributed by atoms with van der Waals surface area (Å²) in [5, 5.41) is 11.3. The van der Waals surface area contributed by atoms with E-state index in [2.05, 4.69) is 15.5 Å². The van der Waals surface area contributed by atoms with Crippen molar-refractivity contribution >= 4 is 17.5 Å². The molecule has 144 valence electrons. The maximum atomic E-state index is 12.8. The Labute approximate surface area is 155 Å². The van der Waals surface area contributed by atoms with Gasteiger partial charge in [0.15, 0.2) is 5.82 Å². The molecule has 1 saturated heterocycles. The highest BCUT2D eigenvalue weighted by molar-refractivity contribution is 5.94. The predicted molar refractivity (Wildman–Crippen MR) is 95.8 cm³/mol. The fourth-order valence-corrected chi connectivity index (χ4v) is 2.92. The number of hydrogen-bond acceptors (Lipinski definition) is 5. The minimum absolute atomic E-state index is 0.0491. The van der Waals surface area contributed by atoms with E-state index in [0.29, 0.717) is 37.8 Å². The number of benzene rings is 1. The number of halogens is 3. The van der Waals surface area contributed by atoms with Crippen LogP contribution in [0.15, 0.2) is 36.4 Å². The minimum Gasteiger partial charge on any atom is -0.369 e. The molecule has 2 heterocycles. The van der Waals surface area contributed by atoms with Gasteiger partial charge in [0, 0.05) is 38.3 Å². The highest BCUT2D eigenvalue weighted by atomic mass is 19.4. The van der Waals surface area contributed by atoms with Gasteiger partial charge in [0.1, 0.15) is 5.82 Å². The Morgan fingerprint density at radius 3 is 2.44 bits per heavy atom. The van der Waals surface area contributed by atoms with Gasteiger partial charge in [-0.25, -0.2) is 0 Å². The Morgan fingerprint density at radius 2 is 1.85 bits per heavy atom. The van der Waals surface area contributed by atoms with Gasteiger partial charge >= 0.3 is 6.18 Å². The highest BCUT2D eigenvalue weighted by Crippen LogP contribution is 2.29. The standard InChI is InChI=1S/C18H20F3N5O/c1-2-22-15-6-7-16(24-23-15)25-8-10-26(11-9-25)17(27)13-4-3-5-14(12-13)18(19,20)21/h3-7,12H,2,8-11H2,1H3,(H,22,23). The predicted octanol–water partition coefficient (Wildman–Crippen LogP) is 2.89. The average molecular weight is 379 g/mol. The van der Waals surface area contributed by atoms with Crippen LogP contribution >= 0.6 is 0 Å². The molecule has 9 heteroatoms. The average Bonchev–Trinajstić information content (AvgIpc) is 2.68. The van der Waals surface area contributed by atoms with Crippen LogP contribution < -0.4 is 10.2 Å². The number of carbonyl (C=O) groups is 1. The van der Waals surface area contributed by atoms with Gasteiger partial charge in [-0.3, -0.25) is 4.79 Å². The summed E-state index contributed by atoms with van der Waals surface area (Å²) in [5.41, 5.74) is -0.768. The fraction of sp³-hybridized carbons (Fsp3) is 0.389. The highest BCUT2D eigenvalue weighted by Gasteiger charge is 2.31. The fourth-order valence-electron chi connectivity index (χ4n) is 2.92. The molecule has 27 heavy (non-hydrogen) atoms. The molecule has 1 aliphatic heterocycles. The molecule has 0 aliphatic carbocycles. The molecule has 2 aromatic rings. The number of alkyl halides is 3. The summed E-state index contributed by atoms with van der Waals surface area (Å²) in [6.45, 7) is 4.62. The first-order valence-electron chi connectivity index (χ1n) is 8.67. The van der Waals surface area contributed by atoms with Crippen LogP contribution in [0.25, 0.3) is 0 Å². The normalized spacial score (nSPS) is 15.0.